The van der Waals surface area contributed by atoms with E-state index in [1.54, 1.807) is 6.07 Å². The van der Waals surface area contributed by atoms with Crippen LogP contribution in [0, 0.1) is 5.82 Å². The normalized spacial score (nSPS) is 13.0. The third-order valence-corrected chi connectivity index (χ3v) is 2.13. The van der Waals surface area contributed by atoms with Crippen LogP contribution in [0.15, 0.2) is 24.3 Å². The van der Waals surface area contributed by atoms with Crippen molar-refractivity contribution in [1.29, 1.82) is 0 Å². The second-order valence-corrected chi connectivity index (χ2v) is 2.96. The molecule has 0 amide bonds. The lowest BCUT2D eigenvalue weighted by Crippen LogP contribution is -1.88. The number of alkyl halides is 1. The maximum atomic E-state index is 12.6. The van der Waals surface area contributed by atoms with E-state index in [-0.39, 0.29) is 11.2 Å². The summed E-state index contributed by atoms with van der Waals surface area (Å²) in [6.07, 6.45) is 0.824. The minimum absolute atomic E-state index is 0.0642. The van der Waals surface area contributed by atoms with E-state index >= 15 is 0 Å². The Balaban J connectivity index is 2.86. The molecule has 0 spiro atoms. The predicted molar refractivity (Wildman–Crippen MR) is 45.3 cm³/mol. The summed E-state index contributed by atoms with van der Waals surface area (Å²) < 4.78 is 12.6. The minimum atomic E-state index is -0.221. The molecule has 0 heterocycles. The van der Waals surface area contributed by atoms with E-state index in [1.807, 2.05) is 13.0 Å². The van der Waals surface area contributed by atoms with Crippen molar-refractivity contribution in [2.75, 3.05) is 0 Å². The molecule has 0 aromatic heterocycles. The standard InChI is InChI=1S/C9H10ClF/c1-2-9(10)7-4-3-5-8(11)6-7/h3-6,9H,2H2,1H3. The highest BCUT2D eigenvalue weighted by atomic mass is 35.5. The number of benzene rings is 1. The molecule has 0 saturated heterocycles. The minimum Gasteiger partial charge on any atom is -0.207 e. The van der Waals surface area contributed by atoms with E-state index in [4.69, 9.17) is 11.6 Å². The summed E-state index contributed by atoms with van der Waals surface area (Å²) in [6, 6.07) is 6.41. The van der Waals surface area contributed by atoms with Crippen molar-refractivity contribution in [1.82, 2.24) is 0 Å². The zero-order valence-electron chi connectivity index (χ0n) is 6.35. The molecule has 0 saturated carbocycles. The third-order valence-electron chi connectivity index (χ3n) is 1.57. The molecule has 0 aliphatic rings. The predicted octanol–water partition coefficient (Wildman–Crippen LogP) is 3.52. The molecule has 0 nitrogen and oxygen atoms in total. The van der Waals surface area contributed by atoms with Crippen LogP contribution in [0.2, 0.25) is 0 Å². The van der Waals surface area contributed by atoms with E-state index in [2.05, 4.69) is 0 Å². The molecule has 0 bridgehead atoms. The van der Waals surface area contributed by atoms with Gasteiger partial charge >= 0.3 is 0 Å². The summed E-state index contributed by atoms with van der Waals surface area (Å²) in [6.45, 7) is 1.97. The molecule has 1 rings (SSSR count). The molecule has 11 heavy (non-hydrogen) atoms. The molecule has 60 valence electrons. The van der Waals surface area contributed by atoms with E-state index in [9.17, 15) is 4.39 Å². The Labute approximate surface area is 71.0 Å². The second kappa shape index (κ2) is 3.72. The lowest BCUT2D eigenvalue weighted by Gasteiger charge is -2.05. The zero-order valence-corrected chi connectivity index (χ0v) is 7.11. The van der Waals surface area contributed by atoms with Crippen molar-refractivity contribution in [3.05, 3.63) is 35.6 Å². The SMILES string of the molecule is CCC(Cl)c1cccc(F)c1. The molecule has 1 atom stereocenters. The fraction of sp³-hybridized carbons (Fsp3) is 0.333. The highest BCUT2D eigenvalue weighted by Gasteiger charge is 2.04. The van der Waals surface area contributed by atoms with Gasteiger partial charge in [0, 0.05) is 0 Å². The molecule has 0 aliphatic heterocycles. The summed E-state index contributed by atoms with van der Waals surface area (Å²) >= 11 is 5.90. The molecular formula is C9H10ClF. The first-order valence-electron chi connectivity index (χ1n) is 3.63. The largest absolute Gasteiger partial charge is 0.207 e. The van der Waals surface area contributed by atoms with Crippen LogP contribution < -0.4 is 0 Å². The molecule has 1 aromatic rings. The third kappa shape index (κ3) is 2.19. The summed E-state index contributed by atoms with van der Waals surface area (Å²) in [7, 11) is 0. The Hall–Kier alpha value is -0.560. The molecule has 0 fully saturated rings. The summed E-state index contributed by atoms with van der Waals surface area (Å²) in [5.41, 5.74) is 0.856. The summed E-state index contributed by atoms with van der Waals surface area (Å²) in [5.74, 6) is -0.221. The van der Waals surface area contributed by atoms with Crippen molar-refractivity contribution in [3.8, 4) is 0 Å². The number of hydrogen-bond donors (Lipinski definition) is 0. The van der Waals surface area contributed by atoms with E-state index in [0.29, 0.717) is 0 Å². The van der Waals surface area contributed by atoms with Crippen LogP contribution in [-0.4, -0.2) is 0 Å². The average Bonchev–Trinajstić information content (AvgIpc) is 2.03. The molecule has 1 unspecified atom stereocenters. The van der Waals surface area contributed by atoms with Gasteiger partial charge in [0.15, 0.2) is 0 Å². The highest BCUT2D eigenvalue weighted by molar-refractivity contribution is 6.20. The first kappa shape index (κ1) is 8.54. The van der Waals surface area contributed by atoms with Gasteiger partial charge in [-0.15, -0.1) is 11.6 Å². The molecule has 1 aromatic carbocycles. The fourth-order valence-electron chi connectivity index (χ4n) is 0.937. The lowest BCUT2D eigenvalue weighted by molar-refractivity contribution is 0.624. The van der Waals surface area contributed by atoms with Crippen molar-refractivity contribution in [2.24, 2.45) is 0 Å². The highest BCUT2D eigenvalue weighted by Crippen LogP contribution is 2.23. The zero-order chi connectivity index (χ0) is 8.27. The summed E-state index contributed by atoms with van der Waals surface area (Å²) in [4.78, 5) is 0. The molecule has 0 N–H and O–H groups in total. The van der Waals surface area contributed by atoms with Gasteiger partial charge in [-0.2, -0.15) is 0 Å². The van der Waals surface area contributed by atoms with Crippen LogP contribution in [0.1, 0.15) is 24.3 Å². The van der Waals surface area contributed by atoms with Crippen molar-refractivity contribution in [2.45, 2.75) is 18.7 Å². The maximum absolute atomic E-state index is 12.6. The first-order chi connectivity index (χ1) is 5.24. The van der Waals surface area contributed by atoms with Crippen LogP contribution in [0.4, 0.5) is 4.39 Å². The number of hydrogen-bond acceptors (Lipinski definition) is 0. The van der Waals surface area contributed by atoms with Crippen LogP contribution in [0.5, 0.6) is 0 Å². The average molecular weight is 173 g/mol. The van der Waals surface area contributed by atoms with Crippen LogP contribution in [0.3, 0.4) is 0 Å². The van der Waals surface area contributed by atoms with Gasteiger partial charge in [-0.05, 0) is 24.1 Å². The molecular weight excluding hydrogens is 163 g/mol. The van der Waals surface area contributed by atoms with E-state index in [0.717, 1.165) is 12.0 Å². The Morgan fingerprint density at radius 1 is 1.55 bits per heavy atom. The van der Waals surface area contributed by atoms with Crippen molar-refractivity contribution in [3.63, 3.8) is 0 Å². The van der Waals surface area contributed by atoms with Gasteiger partial charge in [0.25, 0.3) is 0 Å². The van der Waals surface area contributed by atoms with E-state index < -0.39 is 0 Å². The smallest absolute Gasteiger partial charge is 0.123 e. The van der Waals surface area contributed by atoms with Gasteiger partial charge in [0.2, 0.25) is 0 Å². The van der Waals surface area contributed by atoms with Crippen molar-refractivity contribution >= 4 is 11.6 Å². The van der Waals surface area contributed by atoms with Crippen molar-refractivity contribution < 1.29 is 4.39 Å². The topological polar surface area (TPSA) is 0 Å². The summed E-state index contributed by atoms with van der Waals surface area (Å²) in [5, 5.41) is -0.0642. The van der Waals surface area contributed by atoms with Gasteiger partial charge in [-0.3, -0.25) is 0 Å². The monoisotopic (exact) mass is 172 g/mol. The Morgan fingerprint density at radius 3 is 2.82 bits per heavy atom. The maximum Gasteiger partial charge on any atom is 0.123 e. The van der Waals surface area contributed by atoms with Crippen LogP contribution in [-0.2, 0) is 0 Å². The number of rotatable bonds is 2. The van der Waals surface area contributed by atoms with Gasteiger partial charge in [0.05, 0.1) is 5.38 Å². The first-order valence-corrected chi connectivity index (χ1v) is 4.07. The van der Waals surface area contributed by atoms with Crippen LogP contribution in [0.25, 0.3) is 0 Å². The Bertz CT molecular complexity index is 235. The number of halogens is 2. The Kier molecular flexibility index (Phi) is 2.89. The molecule has 2 heteroatoms. The van der Waals surface area contributed by atoms with Gasteiger partial charge in [-0.25, -0.2) is 4.39 Å². The van der Waals surface area contributed by atoms with Crippen LogP contribution >= 0.6 is 11.6 Å². The lowest BCUT2D eigenvalue weighted by atomic mass is 10.1. The van der Waals surface area contributed by atoms with E-state index in [1.165, 1.54) is 12.1 Å². The Morgan fingerprint density at radius 2 is 2.27 bits per heavy atom. The van der Waals surface area contributed by atoms with Gasteiger partial charge in [0.1, 0.15) is 5.82 Å². The van der Waals surface area contributed by atoms with Gasteiger partial charge < -0.3 is 0 Å². The quantitative estimate of drug-likeness (QED) is 0.599. The molecule has 0 radical (unpaired) electrons. The molecule has 0 aliphatic carbocycles. The second-order valence-electron chi connectivity index (χ2n) is 2.43. The fourth-order valence-corrected chi connectivity index (χ4v) is 1.07. The van der Waals surface area contributed by atoms with Gasteiger partial charge in [-0.1, -0.05) is 19.1 Å².